The second kappa shape index (κ2) is 5.06. The molecule has 0 spiro atoms. The predicted molar refractivity (Wildman–Crippen MR) is 77.7 cm³/mol. The molecule has 0 fully saturated rings. The summed E-state index contributed by atoms with van der Waals surface area (Å²) in [6.45, 7) is 7.14. The third kappa shape index (κ3) is 2.32. The smallest absolute Gasteiger partial charge is 0.147 e. The number of aryl methyl sites for hydroxylation is 1. The Kier molecular flexibility index (Phi) is 3.41. The van der Waals surface area contributed by atoms with Crippen molar-refractivity contribution in [3.63, 3.8) is 0 Å². The van der Waals surface area contributed by atoms with Gasteiger partial charge in [0.2, 0.25) is 0 Å². The van der Waals surface area contributed by atoms with Crippen LogP contribution >= 0.6 is 15.9 Å². The van der Waals surface area contributed by atoms with Gasteiger partial charge in [0.05, 0.1) is 6.54 Å². The Morgan fingerprint density at radius 1 is 1.21 bits per heavy atom. The van der Waals surface area contributed by atoms with E-state index in [4.69, 9.17) is 0 Å². The van der Waals surface area contributed by atoms with Crippen molar-refractivity contribution in [3.8, 4) is 0 Å². The summed E-state index contributed by atoms with van der Waals surface area (Å²) < 4.78 is 3.38. The molecular formula is C14H17BrN4. The lowest BCUT2D eigenvalue weighted by Gasteiger charge is -2.33. The average molecular weight is 321 g/mol. The van der Waals surface area contributed by atoms with Crippen molar-refractivity contribution in [2.45, 2.75) is 33.0 Å². The molecular weight excluding hydrogens is 304 g/mol. The van der Waals surface area contributed by atoms with Gasteiger partial charge in [-0.05, 0) is 25.5 Å². The highest BCUT2D eigenvalue weighted by atomic mass is 79.9. The summed E-state index contributed by atoms with van der Waals surface area (Å²) in [5.74, 6) is 2.09. The van der Waals surface area contributed by atoms with Crippen molar-refractivity contribution in [2.24, 2.45) is 0 Å². The highest BCUT2D eigenvalue weighted by Gasteiger charge is 2.24. The molecule has 1 aromatic carbocycles. The van der Waals surface area contributed by atoms with Gasteiger partial charge in [-0.2, -0.15) is 0 Å². The van der Waals surface area contributed by atoms with Gasteiger partial charge in [-0.1, -0.05) is 34.1 Å². The van der Waals surface area contributed by atoms with Gasteiger partial charge in [0.1, 0.15) is 11.6 Å². The molecule has 3 rings (SSSR count). The first-order valence-corrected chi connectivity index (χ1v) is 7.33. The second-order valence-corrected chi connectivity index (χ2v) is 5.84. The van der Waals surface area contributed by atoms with Crippen LogP contribution in [0.2, 0.25) is 0 Å². The molecule has 0 amide bonds. The minimum absolute atomic E-state index is 0.376. The van der Waals surface area contributed by atoms with Gasteiger partial charge in [0.15, 0.2) is 0 Å². The van der Waals surface area contributed by atoms with Gasteiger partial charge >= 0.3 is 0 Å². The van der Waals surface area contributed by atoms with Crippen LogP contribution in [0, 0.1) is 6.92 Å². The van der Waals surface area contributed by atoms with E-state index >= 15 is 0 Å². The molecule has 2 heterocycles. The minimum Gasteiger partial charge on any atom is -0.313 e. The average Bonchev–Trinajstić information content (AvgIpc) is 2.80. The first-order valence-electron chi connectivity index (χ1n) is 6.54. The topological polar surface area (TPSA) is 34.0 Å². The van der Waals surface area contributed by atoms with E-state index in [-0.39, 0.29) is 0 Å². The standard InChI is InChI=1S/C14H17BrN4/c1-10(12-5-3-4-6-13(12)15)18-7-8-19-11(2)16-17-14(19)9-18/h3-6,10H,7-9H2,1-2H3. The van der Waals surface area contributed by atoms with E-state index in [0.717, 1.165) is 31.3 Å². The maximum atomic E-state index is 4.26. The van der Waals surface area contributed by atoms with Crippen LogP contribution < -0.4 is 0 Å². The zero-order valence-corrected chi connectivity index (χ0v) is 12.8. The molecule has 19 heavy (non-hydrogen) atoms. The Balaban J connectivity index is 1.83. The molecule has 0 saturated carbocycles. The molecule has 4 nitrogen and oxygen atoms in total. The van der Waals surface area contributed by atoms with Gasteiger partial charge in [0.25, 0.3) is 0 Å². The van der Waals surface area contributed by atoms with Crippen LogP contribution in [0.15, 0.2) is 28.7 Å². The summed E-state index contributed by atoms with van der Waals surface area (Å²) in [5.41, 5.74) is 1.33. The number of hydrogen-bond donors (Lipinski definition) is 0. The fourth-order valence-electron chi connectivity index (χ4n) is 2.66. The summed E-state index contributed by atoms with van der Waals surface area (Å²) in [5, 5.41) is 8.42. The van der Waals surface area contributed by atoms with E-state index in [2.05, 4.69) is 66.8 Å². The molecule has 2 aromatic rings. The number of halogens is 1. The summed E-state index contributed by atoms with van der Waals surface area (Å²) >= 11 is 3.64. The third-order valence-corrected chi connectivity index (χ3v) is 4.59. The van der Waals surface area contributed by atoms with Gasteiger partial charge in [-0.25, -0.2) is 0 Å². The first kappa shape index (κ1) is 12.8. The number of hydrogen-bond acceptors (Lipinski definition) is 3. The molecule has 100 valence electrons. The van der Waals surface area contributed by atoms with E-state index < -0.39 is 0 Å². The Labute approximate surface area is 121 Å². The lowest BCUT2D eigenvalue weighted by molar-refractivity contribution is 0.162. The Bertz CT molecular complexity index is 593. The normalized spacial score (nSPS) is 17.2. The van der Waals surface area contributed by atoms with Crippen molar-refractivity contribution in [1.29, 1.82) is 0 Å². The number of rotatable bonds is 2. The summed E-state index contributed by atoms with van der Waals surface area (Å²) in [4.78, 5) is 2.45. The third-order valence-electron chi connectivity index (χ3n) is 3.87. The van der Waals surface area contributed by atoms with Gasteiger partial charge < -0.3 is 4.57 Å². The van der Waals surface area contributed by atoms with Crippen LogP contribution in [0.25, 0.3) is 0 Å². The Hall–Kier alpha value is -1.20. The zero-order chi connectivity index (χ0) is 13.4. The van der Waals surface area contributed by atoms with Crippen LogP contribution in [0.5, 0.6) is 0 Å². The van der Waals surface area contributed by atoms with Crippen molar-refractivity contribution in [1.82, 2.24) is 19.7 Å². The molecule has 0 saturated heterocycles. The summed E-state index contributed by atoms with van der Waals surface area (Å²) in [7, 11) is 0. The van der Waals surface area contributed by atoms with Gasteiger partial charge in [0, 0.05) is 23.6 Å². The zero-order valence-electron chi connectivity index (χ0n) is 11.2. The Morgan fingerprint density at radius 2 is 2.00 bits per heavy atom. The van der Waals surface area contributed by atoms with E-state index in [1.54, 1.807) is 0 Å². The van der Waals surface area contributed by atoms with Crippen molar-refractivity contribution in [2.75, 3.05) is 6.54 Å². The predicted octanol–water partition coefficient (Wildman–Crippen LogP) is 2.93. The Morgan fingerprint density at radius 3 is 2.79 bits per heavy atom. The monoisotopic (exact) mass is 320 g/mol. The molecule has 1 atom stereocenters. The lowest BCUT2D eigenvalue weighted by Crippen LogP contribution is -2.36. The fraction of sp³-hybridized carbons (Fsp3) is 0.429. The van der Waals surface area contributed by atoms with Crippen LogP contribution in [0.4, 0.5) is 0 Å². The molecule has 0 radical (unpaired) electrons. The molecule has 1 aliphatic rings. The SMILES string of the molecule is Cc1nnc2n1CCN(C(C)c1ccccc1Br)C2. The molecule has 5 heteroatoms. The van der Waals surface area contributed by atoms with Crippen molar-refractivity contribution >= 4 is 15.9 Å². The van der Waals surface area contributed by atoms with Crippen molar-refractivity contribution < 1.29 is 0 Å². The molecule has 1 unspecified atom stereocenters. The minimum atomic E-state index is 0.376. The summed E-state index contributed by atoms with van der Waals surface area (Å²) in [6, 6.07) is 8.80. The number of aromatic nitrogens is 3. The molecule has 1 aromatic heterocycles. The van der Waals surface area contributed by atoms with Gasteiger partial charge in [-0.3, -0.25) is 4.90 Å². The number of nitrogens with zero attached hydrogens (tertiary/aromatic N) is 4. The van der Waals surface area contributed by atoms with E-state index in [0.29, 0.717) is 6.04 Å². The van der Waals surface area contributed by atoms with Crippen LogP contribution in [-0.4, -0.2) is 26.2 Å². The second-order valence-electron chi connectivity index (χ2n) is 4.98. The fourth-order valence-corrected chi connectivity index (χ4v) is 3.28. The van der Waals surface area contributed by atoms with E-state index in [1.165, 1.54) is 10.0 Å². The van der Waals surface area contributed by atoms with Crippen LogP contribution in [-0.2, 0) is 13.1 Å². The van der Waals surface area contributed by atoms with E-state index in [1.807, 2.05) is 6.92 Å². The maximum Gasteiger partial charge on any atom is 0.147 e. The number of fused-ring (bicyclic) bond motifs is 1. The van der Waals surface area contributed by atoms with E-state index in [9.17, 15) is 0 Å². The highest BCUT2D eigenvalue weighted by Crippen LogP contribution is 2.29. The largest absolute Gasteiger partial charge is 0.313 e. The molecule has 0 N–H and O–H groups in total. The molecule has 0 aliphatic carbocycles. The van der Waals surface area contributed by atoms with Crippen LogP contribution in [0.1, 0.15) is 30.2 Å². The van der Waals surface area contributed by atoms with Crippen LogP contribution in [0.3, 0.4) is 0 Å². The quantitative estimate of drug-likeness (QED) is 0.853. The first-order chi connectivity index (χ1) is 9.16. The van der Waals surface area contributed by atoms with Gasteiger partial charge in [-0.15, -0.1) is 10.2 Å². The molecule has 0 bridgehead atoms. The lowest BCUT2D eigenvalue weighted by atomic mass is 10.1. The number of benzene rings is 1. The van der Waals surface area contributed by atoms with Crippen molar-refractivity contribution in [3.05, 3.63) is 46.0 Å². The molecule has 1 aliphatic heterocycles. The highest BCUT2D eigenvalue weighted by molar-refractivity contribution is 9.10. The maximum absolute atomic E-state index is 4.26. The summed E-state index contributed by atoms with van der Waals surface area (Å²) in [6.07, 6.45) is 0.